The van der Waals surface area contributed by atoms with Gasteiger partial charge in [0.05, 0.1) is 11.6 Å². The van der Waals surface area contributed by atoms with E-state index in [2.05, 4.69) is 71.0 Å². The van der Waals surface area contributed by atoms with Crippen molar-refractivity contribution in [2.24, 2.45) is 0 Å². The summed E-state index contributed by atoms with van der Waals surface area (Å²) in [6, 6.07) is 15.1. The third-order valence-electron chi connectivity index (χ3n) is 4.63. The Labute approximate surface area is 127 Å². The Morgan fingerprint density at radius 2 is 1.67 bits per heavy atom. The molecule has 1 nitrogen and oxygen atoms in total. The molecule has 0 N–H and O–H groups in total. The maximum atomic E-state index is 9.56. The quantitative estimate of drug-likeness (QED) is 0.651. The molecule has 0 heterocycles. The second-order valence-electron chi connectivity index (χ2n) is 7.44. The summed E-state index contributed by atoms with van der Waals surface area (Å²) in [6.45, 7) is 11.2. The van der Waals surface area contributed by atoms with Gasteiger partial charge in [0.1, 0.15) is 0 Å². The molecule has 21 heavy (non-hydrogen) atoms. The molecule has 0 aromatic heterocycles. The van der Waals surface area contributed by atoms with Gasteiger partial charge in [-0.3, -0.25) is 0 Å². The third-order valence-corrected chi connectivity index (χ3v) is 4.63. The van der Waals surface area contributed by atoms with Gasteiger partial charge in [-0.05, 0) is 39.3 Å². The molecule has 0 saturated carbocycles. The largest absolute Gasteiger partial charge is 0.192 e. The fourth-order valence-electron chi connectivity index (χ4n) is 3.63. The summed E-state index contributed by atoms with van der Waals surface area (Å²) in [5.41, 5.74) is 7.17. The Morgan fingerprint density at radius 1 is 1.00 bits per heavy atom. The molecule has 0 radical (unpaired) electrons. The normalized spacial score (nSPS) is 15.2. The van der Waals surface area contributed by atoms with Crippen LogP contribution in [-0.2, 0) is 10.8 Å². The monoisotopic (exact) mass is 275 g/mol. The van der Waals surface area contributed by atoms with Gasteiger partial charge >= 0.3 is 0 Å². The van der Waals surface area contributed by atoms with Gasteiger partial charge in [0.2, 0.25) is 0 Å². The van der Waals surface area contributed by atoms with Gasteiger partial charge < -0.3 is 0 Å². The molecule has 106 valence electrons. The lowest BCUT2D eigenvalue weighted by Gasteiger charge is -2.26. The third kappa shape index (κ3) is 1.83. The van der Waals surface area contributed by atoms with E-state index in [0.717, 1.165) is 5.56 Å². The first-order valence-corrected chi connectivity index (χ1v) is 7.46. The summed E-state index contributed by atoms with van der Waals surface area (Å²) in [4.78, 5) is 0. The number of hydrogen-bond acceptors (Lipinski definition) is 1. The van der Waals surface area contributed by atoms with Crippen LogP contribution in [0.5, 0.6) is 0 Å². The number of fused-ring (bicyclic) bond motifs is 3. The zero-order chi connectivity index (χ0) is 15.4. The van der Waals surface area contributed by atoms with Crippen molar-refractivity contribution >= 4 is 0 Å². The highest BCUT2D eigenvalue weighted by Crippen LogP contribution is 2.52. The predicted octanol–water partition coefficient (Wildman–Crippen LogP) is 5.16. The zero-order valence-corrected chi connectivity index (χ0v) is 13.4. The molecule has 2 aromatic carbocycles. The first-order chi connectivity index (χ1) is 9.78. The van der Waals surface area contributed by atoms with Crippen LogP contribution in [0.4, 0.5) is 0 Å². The fraction of sp³-hybridized carbons (Fsp3) is 0.350. The number of nitriles is 1. The van der Waals surface area contributed by atoms with Crippen molar-refractivity contribution in [1.82, 2.24) is 0 Å². The molecule has 0 spiro atoms. The van der Waals surface area contributed by atoms with E-state index in [9.17, 15) is 5.26 Å². The summed E-state index contributed by atoms with van der Waals surface area (Å²) in [7, 11) is 0. The number of nitrogens with zero attached hydrogens (tertiary/aromatic N) is 1. The molecular formula is C20H21N. The van der Waals surface area contributed by atoms with E-state index in [0.29, 0.717) is 0 Å². The van der Waals surface area contributed by atoms with Gasteiger partial charge in [-0.25, -0.2) is 0 Å². The molecular weight excluding hydrogens is 254 g/mol. The van der Waals surface area contributed by atoms with Crippen molar-refractivity contribution < 1.29 is 0 Å². The van der Waals surface area contributed by atoms with Crippen molar-refractivity contribution in [3.63, 3.8) is 0 Å². The van der Waals surface area contributed by atoms with Crippen LogP contribution in [0.15, 0.2) is 36.4 Å². The minimum atomic E-state index is -0.113. The Kier molecular flexibility index (Phi) is 2.79. The van der Waals surface area contributed by atoms with Crippen LogP contribution < -0.4 is 0 Å². The maximum absolute atomic E-state index is 9.56. The molecule has 0 amide bonds. The van der Waals surface area contributed by atoms with Crippen LogP contribution in [0.25, 0.3) is 11.1 Å². The molecule has 3 rings (SSSR count). The summed E-state index contributed by atoms with van der Waals surface area (Å²) >= 11 is 0. The van der Waals surface area contributed by atoms with E-state index in [4.69, 9.17) is 0 Å². The van der Waals surface area contributed by atoms with Gasteiger partial charge in [-0.15, -0.1) is 0 Å². The van der Waals surface area contributed by atoms with E-state index >= 15 is 0 Å². The van der Waals surface area contributed by atoms with Crippen molar-refractivity contribution in [3.05, 3.63) is 58.7 Å². The number of benzene rings is 2. The summed E-state index contributed by atoms with van der Waals surface area (Å²) in [6.07, 6.45) is 0. The minimum Gasteiger partial charge on any atom is -0.192 e. The molecule has 1 aliphatic carbocycles. The van der Waals surface area contributed by atoms with E-state index in [1.807, 2.05) is 6.07 Å². The van der Waals surface area contributed by atoms with Crippen LogP contribution >= 0.6 is 0 Å². The zero-order valence-electron chi connectivity index (χ0n) is 13.4. The lowest BCUT2D eigenvalue weighted by atomic mass is 9.77. The SMILES string of the molecule is CC(C)(C)c1ccc(C#N)c2c1-c1ccccc1C2(C)C. The highest BCUT2D eigenvalue weighted by Gasteiger charge is 2.40. The van der Waals surface area contributed by atoms with E-state index in [-0.39, 0.29) is 10.8 Å². The van der Waals surface area contributed by atoms with Gasteiger partial charge in [-0.2, -0.15) is 5.26 Å². The van der Waals surface area contributed by atoms with Crippen LogP contribution in [0.1, 0.15) is 56.9 Å². The molecule has 0 atom stereocenters. The number of rotatable bonds is 0. The molecule has 2 aromatic rings. The first-order valence-electron chi connectivity index (χ1n) is 7.46. The van der Waals surface area contributed by atoms with Crippen molar-refractivity contribution in [2.45, 2.75) is 45.4 Å². The summed E-state index contributed by atoms with van der Waals surface area (Å²) in [5, 5.41) is 9.56. The van der Waals surface area contributed by atoms with Gasteiger partial charge in [0.15, 0.2) is 0 Å². The Bertz CT molecular complexity index is 767. The molecule has 0 fully saturated rings. The van der Waals surface area contributed by atoms with Gasteiger partial charge in [-0.1, -0.05) is 65.0 Å². The highest BCUT2D eigenvalue weighted by molar-refractivity contribution is 5.85. The van der Waals surface area contributed by atoms with Crippen LogP contribution in [-0.4, -0.2) is 0 Å². The lowest BCUT2D eigenvalue weighted by molar-refractivity contribution is 0.589. The molecule has 0 saturated heterocycles. The maximum Gasteiger partial charge on any atom is 0.0995 e. The highest BCUT2D eigenvalue weighted by atomic mass is 14.4. The van der Waals surface area contributed by atoms with Crippen molar-refractivity contribution in [2.75, 3.05) is 0 Å². The smallest absolute Gasteiger partial charge is 0.0995 e. The van der Waals surface area contributed by atoms with Crippen molar-refractivity contribution in [1.29, 1.82) is 5.26 Å². The lowest BCUT2D eigenvalue weighted by Crippen LogP contribution is -2.18. The number of hydrogen-bond donors (Lipinski definition) is 0. The minimum absolute atomic E-state index is 0.0611. The standard InChI is InChI=1S/C20H21N/c1-19(2,3)16-11-10-13(12-21)18-17(16)14-8-6-7-9-15(14)20(18,4)5/h6-11H,1-5H3. The molecule has 0 unspecified atom stereocenters. The molecule has 1 heteroatoms. The van der Waals surface area contributed by atoms with E-state index in [1.54, 1.807) is 0 Å². The van der Waals surface area contributed by atoms with Crippen LogP contribution in [0.2, 0.25) is 0 Å². The second kappa shape index (κ2) is 4.21. The van der Waals surface area contributed by atoms with Gasteiger partial charge in [0, 0.05) is 5.41 Å². The Balaban J connectivity index is 2.49. The molecule has 0 aliphatic heterocycles. The van der Waals surface area contributed by atoms with E-state index < -0.39 is 0 Å². The van der Waals surface area contributed by atoms with Crippen LogP contribution in [0.3, 0.4) is 0 Å². The first kappa shape index (κ1) is 13.9. The average Bonchev–Trinajstić information content (AvgIpc) is 2.67. The Hall–Kier alpha value is -2.07. The fourth-order valence-corrected chi connectivity index (χ4v) is 3.63. The van der Waals surface area contributed by atoms with Crippen LogP contribution in [0, 0.1) is 11.3 Å². The summed E-state index contributed by atoms with van der Waals surface area (Å²) < 4.78 is 0. The predicted molar refractivity (Wildman–Crippen MR) is 87.4 cm³/mol. The molecule has 1 aliphatic rings. The average molecular weight is 275 g/mol. The van der Waals surface area contributed by atoms with Crippen molar-refractivity contribution in [3.8, 4) is 17.2 Å². The second-order valence-corrected chi connectivity index (χ2v) is 7.44. The topological polar surface area (TPSA) is 23.8 Å². The Morgan fingerprint density at radius 3 is 2.29 bits per heavy atom. The molecule has 0 bridgehead atoms. The van der Waals surface area contributed by atoms with E-state index in [1.165, 1.54) is 27.8 Å². The summed E-state index contributed by atoms with van der Waals surface area (Å²) in [5.74, 6) is 0. The van der Waals surface area contributed by atoms with Gasteiger partial charge in [0.25, 0.3) is 0 Å².